The second-order valence-electron chi connectivity index (χ2n) is 3.61. The summed E-state index contributed by atoms with van der Waals surface area (Å²) in [6.07, 6.45) is -0.598. The summed E-state index contributed by atoms with van der Waals surface area (Å²) in [6, 6.07) is 0. The molecule has 8 N–H and O–H groups in total. The van der Waals surface area contributed by atoms with Gasteiger partial charge in [0.05, 0.1) is 5.54 Å². The van der Waals surface area contributed by atoms with Gasteiger partial charge in [0.1, 0.15) is 0 Å². The summed E-state index contributed by atoms with van der Waals surface area (Å²) in [7, 11) is -11.2. The number of rotatable bonds is 5. The van der Waals surface area contributed by atoms with Gasteiger partial charge in [-0.15, -0.1) is 0 Å². The van der Waals surface area contributed by atoms with Crippen LogP contribution in [0, 0.1) is 0 Å². The van der Waals surface area contributed by atoms with Crippen molar-refractivity contribution >= 4 is 15.2 Å². The summed E-state index contributed by atoms with van der Waals surface area (Å²) in [5.74, 6) is 0. The smallest absolute Gasteiger partial charge is 0.371 e. The van der Waals surface area contributed by atoms with Crippen molar-refractivity contribution in [1.82, 2.24) is 0 Å². The van der Waals surface area contributed by atoms with Gasteiger partial charge >= 0.3 is 15.2 Å². The largest absolute Gasteiger partial charge is 0.396 e. The van der Waals surface area contributed by atoms with Gasteiger partial charge in [0.25, 0.3) is 5.08 Å². The van der Waals surface area contributed by atoms with Gasteiger partial charge in [-0.1, -0.05) is 0 Å². The maximum atomic E-state index is 11.0. The van der Waals surface area contributed by atoms with Gasteiger partial charge in [-0.25, -0.2) is 0 Å². The second kappa shape index (κ2) is 4.45. The lowest BCUT2D eigenvalue weighted by Gasteiger charge is -2.41. The van der Waals surface area contributed by atoms with E-state index in [9.17, 15) is 14.2 Å². The van der Waals surface area contributed by atoms with Crippen molar-refractivity contribution < 1.29 is 38.9 Å². The van der Waals surface area contributed by atoms with Crippen molar-refractivity contribution in [3.8, 4) is 0 Å². The molecule has 0 spiro atoms. The van der Waals surface area contributed by atoms with Gasteiger partial charge in [-0.2, -0.15) is 0 Å². The summed E-state index contributed by atoms with van der Waals surface area (Å²) < 4.78 is 22.0. The van der Waals surface area contributed by atoms with Gasteiger partial charge in [0.2, 0.25) is 0 Å². The molecule has 0 aliphatic rings. The molecule has 0 rings (SSSR count). The molecule has 11 heteroatoms. The lowest BCUT2D eigenvalue weighted by molar-refractivity contribution is 0.0546. The molecule has 0 saturated carbocycles. The minimum Gasteiger partial charge on any atom is -0.396 e. The molecule has 0 saturated heterocycles. The Morgan fingerprint density at radius 2 is 1.44 bits per heavy atom. The monoisotopic (exact) mass is 279 g/mol. The Morgan fingerprint density at radius 3 is 1.62 bits per heavy atom. The summed E-state index contributed by atoms with van der Waals surface area (Å²) in [6.45, 7) is 0.136. The van der Waals surface area contributed by atoms with E-state index in [0.29, 0.717) is 0 Å². The molecule has 0 aliphatic carbocycles. The quantitative estimate of drug-likeness (QED) is 0.282. The summed E-state index contributed by atoms with van der Waals surface area (Å²) in [5, 5.41) is 14.5. The van der Waals surface area contributed by atoms with Crippen LogP contribution in [0.5, 0.6) is 0 Å². The third-order valence-electron chi connectivity index (χ3n) is 2.21. The fourth-order valence-electron chi connectivity index (χ4n) is 1.24. The van der Waals surface area contributed by atoms with Crippen molar-refractivity contribution in [3.63, 3.8) is 0 Å². The minimum absolute atomic E-state index is 0.598. The predicted octanol–water partition coefficient (Wildman–Crippen LogP) is -1.91. The normalized spacial score (nSPS) is 18.2. The van der Waals surface area contributed by atoms with E-state index >= 15 is 0 Å². The fourth-order valence-corrected chi connectivity index (χ4v) is 4.15. The van der Waals surface area contributed by atoms with Crippen LogP contribution in [0.15, 0.2) is 0 Å². The first-order valence-electron chi connectivity index (χ1n) is 4.04. The maximum absolute atomic E-state index is 11.0. The molecular weight excluding hydrogens is 264 g/mol. The number of hydrogen-bond acceptors (Lipinski definition) is 5. The molecule has 0 aromatic heterocycles. The molecule has 1 atom stereocenters. The van der Waals surface area contributed by atoms with E-state index in [2.05, 4.69) is 0 Å². The number of aliphatic hydroxyl groups excluding tert-OH is 1. The molecule has 0 bridgehead atoms. The van der Waals surface area contributed by atoms with Crippen LogP contribution in [0.4, 0.5) is 0 Å². The molecule has 0 aromatic rings. The number of hydrogen-bond donors (Lipinski definition) is 7. The van der Waals surface area contributed by atoms with Crippen molar-refractivity contribution in [3.05, 3.63) is 0 Å². The van der Waals surface area contributed by atoms with Gasteiger partial charge < -0.3 is 35.5 Å². The van der Waals surface area contributed by atoms with Crippen molar-refractivity contribution in [2.45, 2.75) is 24.0 Å². The van der Waals surface area contributed by atoms with Crippen LogP contribution in [0.2, 0.25) is 0 Å². The average Bonchev–Trinajstić information content (AvgIpc) is 1.98. The standard InChI is InChI=1S/C5H15NO8P2/c1-4(6,2-3-7)5(8,15(9,10)11)16(12,13)14/h7-8H,2-3,6H2,1H3,(H2,9,10,11)(H2,12,13,14). The lowest BCUT2D eigenvalue weighted by atomic mass is 10.0. The van der Waals surface area contributed by atoms with Crippen molar-refractivity contribution in [2.24, 2.45) is 5.73 Å². The van der Waals surface area contributed by atoms with E-state index in [4.69, 9.17) is 30.4 Å². The second-order valence-corrected chi connectivity index (χ2v) is 7.44. The summed E-state index contributed by atoms with van der Waals surface area (Å²) >= 11 is 0. The first kappa shape index (κ1) is 16.2. The Bertz CT molecular complexity index is 320. The Hall–Kier alpha value is 0.180. The Balaban J connectivity index is 5.81. The Labute approximate surface area is 91.2 Å². The fraction of sp³-hybridized carbons (Fsp3) is 1.00. The van der Waals surface area contributed by atoms with Crippen LogP contribution in [-0.4, -0.2) is 47.0 Å². The maximum Gasteiger partial charge on any atom is 0.371 e. The highest BCUT2D eigenvalue weighted by atomic mass is 31.2. The summed E-state index contributed by atoms with van der Waals surface area (Å²) in [4.78, 5) is 35.4. The molecule has 16 heavy (non-hydrogen) atoms. The molecule has 9 nitrogen and oxygen atoms in total. The first-order chi connectivity index (χ1) is 6.81. The predicted molar refractivity (Wildman–Crippen MR) is 53.3 cm³/mol. The van der Waals surface area contributed by atoms with E-state index in [0.717, 1.165) is 6.92 Å². The molecule has 1 unspecified atom stereocenters. The molecular formula is C5H15NO8P2. The van der Waals surface area contributed by atoms with E-state index in [-0.39, 0.29) is 0 Å². The van der Waals surface area contributed by atoms with Gasteiger partial charge in [-0.05, 0) is 13.3 Å². The molecule has 0 aromatic carbocycles. The SMILES string of the molecule is CC(N)(CCO)C(O)(P(=O)(O)O)P(=O)(O)O. The summed E-state index contributed by atoms with van der Waals surface area (Å²) in [5.41, 5.74) is 2.94. The molecule has 0 amide bonds. The van der Waals surface area contributed by atoms with Crippen LogP contribution in [-0.2, 0) is 9.13 Å². The van der Waals surface area contributed by atoms with Crippen LogP contribution in [0.1, 0.15) is 13.3 Å². The molecule has 0 radical (unpaired) electrons. The van der Waals surface area contributed by atoms with Crippen LogP contribution in [0.3, 0.4) is 0 Å². The zero-order valence-corrected chi connectivity index (χ0v) is 10.2. The Morgan fingerprint density at radius 1 is 1.12 bits per heavy atom. The molecule has 98 valence electrons. The third kappa shape index (κ3) is 2.53. The van der Waals surface area contributed by atoms with E-state index in [1.807, 2.05) is 0 Å². The molecule has 0 heterocycles. The van der Waals surface area contributed by atoms with Crippen LogP contribution >= 0.6 is 15.2 Å². The average molecular weight is 279 g/mol. The highest BCUT2D eigenvalue weighted by molar-refractivity contribution is 7.72. The number of nitrogens with two attached hydrogens (primary N) is 1. The van der Waals surface area contributed by atoms with Gasteiger partial charge in [0, 0.05) is 6.61 Å². The van der Waals surface area contributed by atoms with Gasteiger partial charge in [-0.3, -0.25) is 9.13 Å². The zero-order chi connectivity index (χ0) is 13.4. The first-order valence-corrected chi connectivity index (χ1v) is 7.27. The van der Waals surface area contributed by atoms with E-state index in [1.54, 1.807) is 0 Å². The van der Waals surface area contributed by atoms with Crippen LogP contribution < -0.4 is 5.73 Å². The van der Waals surface area contributed by atoms with E-state index < -0.39 is 38.8 Å². The highest BCUT2D eigenvalue weighted by Crippen LogP contribution is 2.71. The van der Waals surface area contributed by atoms with Crippen molar-refractivity contribution in [2.75, 3.05) is 6.61 Å². The van der Waals surface area contributed by atoms with Gasteiger partial charge in [0.15, 0.2) is 0 Å². The van der Waals surface area contributed by atoms with E-state index in [1.165, 1.54) is 0 Å². The molecule has 0 aliphatic heterocycles. The zero-order valence-electron chi connectivity index (χ0n) is 8.39. The van der Waals surface area contributed by atoms with Crippen molar-refractivity contribution in [1.29, 1.82) is 0 Å². The number of aliphatic hydroxyl groups is 2. The third-order valence-corrected chi connectivity index (χ3v) is 6.42. The topological polar surface area (TPSA) is 182 Å². The Kier molecular flexibility index (Phi) is 4.50. The molecule has 0 fully saturated rings. The highest BCUT2D eigenvalue weighted by Gasteiger charge is 2.68. The lowest BCUT2D eigenvalue weighted by Crippen LogP contribution is -2.58. The minimum atomic E-state index is -5.60. The van der Waals surface area contributed by atoms with Crippen LogP contribution in [0.25, 0.3) is 0 Å².